The maximum atomic E-state index is 11.8. The maximum Gasteiger partial charge on any atom is 0.294 e. The predicted molar refractivity (Wildman–Crippen MR) is 51.4 cm³/mol. The Morgan fingerprint density at radius 3 is 2.64 bits per heavy atom. The second kappa shape index (κ2) is 3.61. The van der Waals surface area contributed by atoms with Gasteiger partial charge in [0.05, 0.1) is 5.69 Å². The van der Waals surface area contributed by atoms with Crippen molar-refractivity contribution in [2.45, 2.75) is 19.8 Å². The zero-order valence-corrected chi connectivity index (χ0v) is 8.67. The third-order valence-electron chi connectivity index (χ3n) is 2.38. The van der Waals surface area contributed by atoms with Crippen LogP contribution < -0.4 is 0 Å². The van der Waals surface area contributed by atoms with Gasteiger partial charge in [0.2, 0.25) is 5.76 Å². The first-order chi connectivity index (χ1) is 6.70. The van der Waals surface area contributed by atoms with Crippen LogP contribution in [0.15, 0.2) is 4.52 Å². The highest BCUT2D eigenvalue weighted by atomic mass is 35.5. The van der Waals surface area contributed by atoms with Gasteiger partial charge in [-0.2, -0.15) is 0 Å². The SMILES string of the molecule is Cc1noc(C(=O)N2CCCC2)c1Cl. The second-order valence-electron chi connectivity index (χ2n) is 3.41. The molecule has 1 aromatic heterocycles. The fraction of sp³-hybridized carbons (Fsp3) is 0.556. The Hall–Kier alpha value is -1.03. The molecule has 76 valence electrons. The summed E-state index contributed by atoms with van der Waals surface area (Å²) in [7, 11) is 0. The molecule has 4 nitrogen and oxygen atoms in total. The molecule has 2 heterocycles. The molecule has 2 rings (SSSR count). The largest absolute Gasteiger partial charge is 0.349 e. The number of rotatable bonds is 1. The molecule has 1 aliphatic heterocycles. The van der Waals surface area contributed by atoms with Gasteiger partial charge in [0.15, 0.2) is 0 Å². The quantitative estimate of drug-likeness (QED) is 0.717. The Morgan fingerprint density at radius 1 is 1.50 bits per heavy atom. The van der Waals surface area contributed by atoms with Crippen molar-refractivity contribution in [3.05, 3.63) is 16.5 Å². The topological polar surface area (TPSA) is 46.3 Å². The van der Waals surface area contributed by atoms with Crippen molar-refractivity contribution in [3.63, 3.8) is 0 Å². The molecule has 1 fully saturated rings. The van der Waals surface area contributed by atoms with Gasteiger partial charge in [-0.05, 0) is 19.8 Å². The number of nitrogens with zero attached hydrogens (tertiary/aromatic N) is 2. The zero-order valence-electron chi connectivity index (χ0n) is 7.92. The first kappa shape index (κ1) is 9.52. The average Bonchev–Trinajstić information content (AvgIpc) is 2.77. The van der Waals surface area contributed by atoms with Crippen molar-refractivity contribution >= 4 is 17.5 Å². The second-order valence-corrected chi connectivity index (χ2v) is 3.79. The first-order valence-electron chi connectivity index (χ1n) is 4.61. The van der Waals surface area contributed by atoms with E-state index in [0.29, 0.717) is 10.7 Å². The number of halogens is 1. The average molecular weight is 215 g/mol. The standard InChI is InChI=1S/C9H11ClN2O2/c1-6-7(10)8(14-11-6)9(13)12-4-2-3-5-12/h2-5H2,1H3. The van der Waals surface area contributed by atoms with Crippen molar-refractivity contribution in [2.75, 3.05) is 13.1 Å². The van der Waals surface area contributed by atoms with E-state index in [1.54, 1.807) is 11.8 Å². The number of likely N-dealkylation sites (tertiary alicyclic amines) is 1. The predicted octanol–water partition coefficient (Wildman–Crippen LogP) is 1.87. The van der Waals surface area contributed by atoms with E-state index in [0.717, 1.165) is 25.9 Å². The van der Waals surface area contributed by atoms with Crippen LogP contribution in [0.2, 0.25) is 5.02 Å². The van der Waals surface area contributed by atoms with Gasteiger partial charge in [-0.25, -0.2) is 0 Å². The normalized spacial score (nSPS) is 16.3. The molecule has 0 bridgehead atoms. The number of hydrogen-bond donors (Lipinski definition) is 0. The minimum absolute atomic E-state index is 0.145. The summed E-state index contributed by atoms with van der Waals surface area (Å²) in [6.07, 6.45) is 2.10. The highest BCUT2D eigenvalue weighted by Crippen LogP contribution is 2.22. The molecule has 5 heteroatoms. The van der Waals surface area contributed by atoms with Gasteiger partial charge in [-0.1, -0.05) is 16.8 Å². The lowest BCUT2D eigenvalue weighted by Gasteiger charge is -2.12. The van der Waals surface area contributed by atoms with Gasteiger partial charge in [-0.3, -0.25) is 4.79 Å². The maximum absolute atomic E-state index is 11.8. The summed E-state index contributed by atoms with van der Waals surface area (Å²) in [5.74, 6) is 0.0270. The van der Waals surface area contributed by atoms with Crippen LogP contribution >= 0.6 is 11.6 Å². The number of hydrogen-bond acceptors (Lipinski definition) is 3. The van der Waals surface area contributed by atoms with E-state index < -0.39 is 0 Å². The lowest BCUT2D eigenvalue weighted by molar-refractivity contribution is 0.0751. The molecule has 0 unspecified atom stereocenters. The van der Waals surface area contributed by atoms with E-state index in [1.807, 2.05) is 0 Å². The molecular formula is C9H11ClN2O2. The molecular weight excluding hydrogens is 204 g/mol. The van der Waals surface area contributed by atoms with Crippen molar-refractivity contribution < 1.29 is 9.32 Å². The summed E-state index contributed by atoms with van der Waals surface area (Å²) in [5, 5.41) is 3.99. The van der Waals surface area contributed by atoms with Crippen LogP contribution in [-0.4, -0.2) is 29.1 Å². The van der Waals surface area contributed by atoms with Crippen LogP contribution in [0.25, 0.3) is 0 Å². The minimum atomic E-state index is -0.145. The molecule has 0 aromatic carbocycles. The van der Waals surface area contributed by atoms with Crippen molar-refractivity contribution in [2.24, 2.45) is 0 Å². The van der Waals surface area contributed by atoms with E-state index in [-0.39, 0.29) is 11.7 Å². The Morgan fingerprint density at radius 2 is 2.14 bits per heavy atom. The van der Waals surface area contributed by atoms with Crippen LogP contribution in [0.3, 0.4) is 0 Å². The molecule has 0 spiro atoms. The highest BCUT2D eigenvalue weighted by Gasteiger charge is 2.26. The smallest absolute Gasteiger partial charge is 0.294 e. The number of carbonyl (C=O) groups is 1. The minimum Gasteiger partial charge on any atom is -0.349 e. The molecule has 1 amide bonds. The number of carbonyl (C=O) groups excluding carboxylic acids is 1. The molecule has 0 saturated carbocycles. The summed E-state index contributed by atoms with van der Waals surface area (Å²) < 4.78 is 4.90. The van der Waals surface area contributed by atoms with E-state index >= 15 is 0 Å². The Bertz CT molecular complexity index is 356. The molecule has 0 atom stereocenters. The van der Waals surface area contributed by atoms with Crippen molar-refractivity contribution in [1.29, 1.82) is 0 Å². The van der Waals surface area contributed by atoms with Gasteiger partial charge in [-0.15, -0.1) is 0 Å². The van der Waals surface area contributed by atoms with E-state index in [2.05, 4.69) is 5.16 Å². The van der Waals surface area contributed by atoms with Crippen LogP contribution in [-0.2, 0) is 0 Å². The summed E-state index contributed by atoms with van der Waals surface area (Å²) in [5.41, 5.74) is 0.564. The van der Waals surface area contributed by atoms with Crippen molar-refractivity contribution in [3.8, 4) is 0 Å². The fourth-order valence-electron chi connectivity index (χ4n) is 1.56. The number of amides is 1. The Balaban J connectivity index is 2.22. The van der Waals surface area contributed by atoms with Gasteiger partial charge in [0.25, 0.3) is 5.91 Å². The first-order valence-corrected chi connectivity index (χ1v) is 4.99. The zero-order chi connectivity index (χ0) is 10.1. The molecule has 1 aromatic rings. The number of aryl methyl sites for hydroxylation is 1. The highest BCUT2D eigenvalue weighted by molar-refractivity contribution is 6.33. The van der Waals surface area contributed by atoms with Crippen LogP contribution in [0, 0.1) is 6.92 Å². The van der Waals surface area contributed by atoms with Gasteiger partial charge in [0, 0.05) is 13.1 Å². The van der Waals surface area contributed by atoms with Gasteiger partial charge < -0.3 is 9.42 Å². The summed E-state index contributed by atoms with van der Waals surface area (Å²) in [4.78, 5) is 13.5. The third kappa shape index (κ3) is 1.50. The third-order valence-corrected chi connectivity index (χ3v) is 2.82. The summed E-state index contributed by atoms with van der Waals surface area (Å²) >= 11 is 5.88. The molecule has 0 radical (unpaired) electrons. The molecule has 14 heavy (non-hydrogen) atoms. The van der Waals surface area contributed by atoms with Gasteiger partial charge in [0.1, 0.15) is 5.02 Å². The monoisotopic (exact) mass is 214 g/mol. The van der Waals surface area contributed by atoms with Crippen LogP contribution in [0.5, 0.6) is 0 Å². The fourth-order valence-corrected chi connectivity index (χ4v) is 1.71. The van der Waals surface area contributed by atoms with Crippen LogP contribution in [0.4, 0.5) is 0 Å². The van der Waals surface area contributed by atoms with Gasteiger partial charge >= 0.3 is 0 Å². The molecule has 0 N–H and O–H groups in total. The summed E-state index contributed by atoms with van der Waals surface area (Å²) in [6.45, 7) is 3.29. The summed E-state index contributed by atoms with van der Waals surface area (Å²) in [6, 6.07) is 0. The lowest BCUT2D eigenvalue weighted by atomic mass is 10.3. The Kier molecular flexibility index (Phi) is 2.46. The lowest BCUT2D eigenvalue weighted by Crippen LogP contribution is -2.27. The Labute approximate surface area is 86.8 Å². The molecule has 1 saturated heterocycles. The van der Waals surface area contributed by atoms with E-state index in [1.165, 1.54) is 0 Å². The number of aromatic nitrogens is 1. The van der Waals surface area contributed by atoms with E-state index in [4.69, 9.17) is 16.1 Å². The molecule has 0 aliphatic carbocycles. The van der Waals surface area contributed by atoms with Crippen LogP contribution in [0.1, 0.15) is 29.1 Å². The van der Waals surface area contributed by atoms with E-state index in [9.17, 15) is 4.79 Å². The molecule has 1 aliphatic rings. The van der Waals surface area contributed by atoms with Crippen molar-refractivity contribution in [1.82, 2.24) is 10.1 Å².